The van der Waals surface area contributed by atoms with Gasteiger partial charge in [0.25, 0.3) is 0 Å². The lowest BCUT2D eigenvalue weighted by Gasteiger charge is -2.32. The van der Waals surface area contributed by atoms with E-state index in [0.717, 1.165) is 6.42 Å². The summed E-state index contributed by atoms with van der Waals surface area (Å²) in [5.41, 5.74) is 0.306. The highest BCUT2D eigenvalue weighted by Crippen LogP contribution is 2.30. The second kappa shape index (κ2) is 4.91. The zero-order valence-corrected chi connectivity index (χ0v) is 11.4. The Morgan fingerprint density at radius 2 is 1.59 bits per heavy atom. The van der Waals surface area contributed by atoms with Crippen molar-refractivity contribution in [2.24, 2.45) is 5.41 Å². The number of rotatable bonds is 3. The lowest BCUT2D eigenvalue weighted by molar-refractivity contribution is -0.0178. The fourth-order valence-electron chi connectivity index (χ4n) is 2.20. The van der Waals surface area contributed by atoms with E-state index in [4.69, 9.17) is 4.74 Å². The molecule has 0 spiro atoms. The molecule has 2 heteroatoms. The van der Waals surface area contributed by atoms with Gasteiger partial charge in [-0.15, -0.1) is 0 Å². The second-order valence-corrected chi connectivity index (χ2v) is 6.25. The highest BCUT2D eigenvalue weighted by molar-refractivity contribution is 5.89. The van der Waals surface area contributed by atoms with Gasteiger partial charge in [0.05, 0.1) is 5.56 Å². The lowest BCUT2D eigenvalue weighted by atomic mass is 9.83. The first-order valence-electron chi connectivity index (χ1n) is 5.98. The zero-order chi connectivity index (χ0) is 13.1. The van der Waals surface area contributed by atoms with E-state index in [1.165, 1.54) is 0 Å². The second-order valence-electron chi connectivity index (χ2n) is 6.25. The van der Waals surface area contributed by atoms with Gasteiger partial charge in [-0.2, -0.15) is 0 Å². The number of esters is 1. The third-order valence-electron chi connectivity index (χ3n) is 2.33. The van der Waals surface area contributed by atoms with Crippen LogP contribution in [0.15, 0.2) is 30.3 Å². The van der Waals surface area contributed by atoms with E-state index in [2.05, 4.69) is 20.8 Å². The molecule has 0 amide bonds. The van der Waals surface area contributed by atoms with Gasteiger partial charge in [-0.3, -0.25) is 0 Å². The third kappa shape index (κ3) is 5.03. The van der Waals surface area contributed by atoms with Crippen LogP contribution in [0.3, 0.4) is 0 Å². The first kappa shape index (κ1) is 13.8. The lowest BCUT2D eigenvalue weighted by Crippen LogP contribution is -2.32. The number of benzene rings is 1. The number of hydrogen-bond donors (Lipinski definition) is 0. The molecule has 0 aliphatic heterocycles. The predicted molar refractivity (Wildman–Crippen MR) is 70.0 cm³/mol. The van der Waals surface area contributed by atoms with Crippen LogP contribution in [0.4, 0.5) is 0 Å². The van der Waals surface area contributed by atoms with E-state index in [0.29, 0.717) is 5.56 Å². The molecular formula is C15H22O2. The highest BCUT2D eigenvalue weighted by Gasteiger charge is 2.29. The molecule has 0 N–H and O–H groups in total. The summed E-state index contributed by atoms with van der Waals surface area (Å²) < 4.78 is 5.56. The maximum absolute atomic E-state index is 11.9. The van der Waals surface area contributed by atoms with E-state index in [-0.39, 0.29) is 11.4 Å². The van der Waals surface area contributed by atoms with E-state index in [1.807, 2.05) is 32.0 Å². The predicted octanol–water partition coefficient (Wildman–Crippen LogP) is 4.06. The molecule has 0 aromatic heterocycles. The molecule has 17 heavy (non-hydrogen) atoms. The Labute approximate surface area is 104 Å². The van der Waals surface area contributed by atoms with Crippen LogP contribution in [0.2, 0.25) is 0 Å². The van der Waals surface area contributed by atoms with Crippen molar-refractivity contribution in [3.05, 3.63) is 35.9 Å². The number of carbonyl (C=O) groups excluding carboxylic acids is 1. The molecule has 0 unspecified atom stereocenters. The summed E-state index contributed by atoms with van der Waals surface area (Å²) in [4.78, 5) is 11.9. The van der Waals surface area contributed by atoms with Gasteiger partial charge in [-0.1, -0.05) is 39.0 Å². The molecule has 0 saturated carbocycles. The van der Waals surface area contributed by atoms with Crippen LogP contribution in [0, 0.1) is 5.41 Å². The van der Waals surface area contributed by atoms with E-state index in [9.17, 15) is 4.79 Å². The largest absolute Gasteiger partial charge is 0.456 e. The van der Waals surface area contributed by atoms with Gasteiger partial charge < -0.3 is 4.74 Å². The average Bonchev–Trinajstić information content (AvgIpc) is 2.14. The molecule has 0 aliphatic carbocycles. The van der Waals surface area contributed by atoms with Crippen molar-refractivity contribution in [3.63, 3.8) is 0 Å². The first-order valence-corrected chi connectivity index (χ1v) is 5.98. The Bertz CT molecular complexity index is 372. The molecule has 0 fully saturated rings. The third-order valence-corrected chi connectivity index (χ3v) is 2.33. The van der Waals surface area contributed by atoms with Crippen LogP contribution < -0.4 is 0 Å². The summed E-state index contributed by atoms with van der Waals surface area (Å²) in [5, 5.41) is 0. The maximum atomic E-state index is 11.9. The molecule has 0 aliphatic rings. The van der Waals surface area contributed by atoms with Crippen molar-refractivity contribution >= 4 is 5.97 Å². The smallest absolute Gasteiger partial charge is 0.338 e. The number of ether oxygens (including phenoxy) is 1. The Morgan fingerprint density at radius 1 is 1.06 bits per heavy atom. The van der Waals surface area contributed by atoms with Crippen molar-refractivity contribution in [2.45, 2.75) is 46.6 Å². The molecule has 0 atom stereocenters. The van der Waals surface area contributed by atoms with Crippen molar-refractivity contribution < 1.29 is 9.53 Å². The molecule has 1 aromatic rings. The van der Waals surface area contributed by atoms with Crippen LogP contribution in [-0.2, 0) is 4.74 Å². The van der Waals surface area contributed by atoms with Gasteiger partial charge in [0.2, 0.25) is 0 Å². The average molecular weight is 234 g/mol. The number of hydrogen-bond acceptors (Lipinski definition) is 2. The molecule has 0 heterocycles. The van der Waals surface area contributed by atoms with Crippen LogP contribution in [0.5, 0.6) is 0 Å². The Kier molecular flexibility index (Phi) is 3.97. The topological polar surface area (TPSA) is 26.3 Å². The van der Waals surface area contributed by atoms with E-state index in [1.54, 1.807) is 12.1 Å². The first-order chi connectivity index (χ1) is 7.70. The Morgan fingerprint density at radius 3 is 2.06 bits per heavy atom. The molecule has 0 saturated heterocycles. The molecular weight excluding hydrogens is 212 g/mol. The molecule has 0 radical (unpaired) electrons. The molecule has 0 bridgehead atoms. The van der Waals surface area contributed by atoms with E-state index < -0.39 is 5.60 Å². The van der Waals surface area contributed by atoms with Crippen LogP contribution in [-0.4, -0.2) is 11.6 Å². The Hall–Kier alpha value is -1.31. The summed E-state index contributed by atoms with van der Waals surface area (Å²) in [6.45, 7) is 10.3. The van der Waals surface area contributed by atoms with Gasteiger partial charge in [0.1, 0.15) is 5.60 Å². The molecule has 1 rings (SSSR count). The van der Waals surface area contributed by atoms with Crippen LogP contribution in [0.25, 0.3) is 0 Å². The van der Waals surface area contributed by atoms with Crippen LogP contribution in [0.1, 0.15) is 51.4 Å². The monoisotopic (exact) mass is 234 g/mol. The molecule has 2 nitrogen and oxygen atoms in total. The van der Waals surface area contributed by atoms with Gasteiger partial charge in [0.15, 0.2) is 0 Å². The Balaban J connectivity index is 2.69. The fourth-order valence-corrected chi connectivity index (χ4v) is 2.20. The van der Waals surface area contributed by atoms with Gasteiger partial charge >= 0.3 is 5.97 Å². The van der Waals surface area contributed by atoms with Crippen molar-refractivity contribution in [1.82, 2.24) is 0 Å². The van der Waals surface area contributed by atoms with E-state index >= 15 is 0 Å². The molecule has 94 valence electrons. The van der Waals surface area contributed by atoms with Gasteiger partial charge in [-0.05, 0) is 37.8 Å². The maximum Gasteiger partial charge on any atom is 0.338 e. The standard InChI is InChI=1S/C15H22O2/c1-14(2,3)11-15(4,5)17-13(16)12-9-7-6-8-10-12/h6-10H,11H2,1-5H3. The van der Waals surface area contributed by atoms with Gasteiger partial charge in [0, 0.05) is 0 Å². The summed E-state index contributed by atoms with van der Waals surface area (Å²) in [5.74, 6) is -0.250. The highest BCUT2D eigenvalue weighted by atomic mass is 16.6. The quantitative estimate of drug-likeness (QED) is 0.737. The summed E-state index contributed by atoms with van der Waals surface area (Å²) >= 11 is 0. The van der Waals surface area contributed by atoms with Crippen molar-refractivity contribution in [3.8, 4) is 0 Å². The SMILES string of the molecule is CC(C)(C)CC(C)(C)OC(=O)c1ccccc1. The van der Waals surface area contributed by atoms with Gasteiger partial charge in [-0.25, -0.2) is 4.79 Å². The summed E-state index contributed by atoms with van der Waals surface area (Å²) in [6.07, 6.45) is 0.832. The summed E-state index contributed by atoms with van der Waals surface area (Å²) in [6, 6.07) is 9.11. The van der Waals surface area contributed by atoms with Crippen molar-refractivity contribution in [2.75, 3.05) is 0 Å². The van der Waals surface area contributed by atoms with Crippen molar-refractivity contribution in [1.29, 1.82) is 0 Å². The number of carbonyl (C=O) groups is 1. The minimum atomic E-state index is -0.439. The minimum Gasteiger partial charge on any atom is -0.456 e. The minimum absolute atomic E-state index is 0.139. The molecule has 1 aromatic carbocycles. The zero-order valence-electron chi connectivity index (χ0n) is 11.4. The van der Waals surface area contributed by atoms with Crippen LogP contribution >= 0.6 is 0 Å². The normalized spacial score (nSPS) is 12.3. The summed E-state index contributed by atoms with van der Waals surface area (Å²) in [7, 11) is 0. The fraction of sp³-hybridized carbons (Fsp3) is 0.533.